The Balaban J connectivity index is 1.27. The maximum absolute atomic E-state index is 13.0. The molecule has 6 nitrogen and oxygen atoms in total. The molecule has 2 aromatic carbocycles. The molecule has 0 unspecified atom stereocenters. The molecule has 164 valence electrons. The van der Waals surface area contributed by atoms with Gasteiger partial charge < -0.3 is 19.4 Å². The number of rotatable bonds is 5. The minimum atomic E-state index is -0.0103. The third-order valence-electron chi connectivity index (χ3n) is 6.38. The molecule has 0 atom stereocenters. The molecular weight excluding hydrogens is 404 g/mol. The number of ether oxygens (including phenoxy) is 1. The van der Waals surface area contributed by atoms with Gasteiger partial charge in [0.2, 0.25) is 5.91 Å². The molecule has 0 saturated heterocycles. The lowest BCUT2D eigenvalue weighted by atomic mass is 9.85. The first-order valence-corrected chi connectivity index (χ1v) is 11.1. The van der Waals surface area contributed by atoms with Crippen LogP contribution in [-0.4, -0.2) is 30.4 Å². The largest absolute Gasteiger partial charge is 0.497 e. The minimum absolute atomic E-state index is 0.0103. The van der Waals surface area contributed by atoms with Crippen molar-refractivity contribution in [1.82, 2.24) is 4.90 Å². The third kappa shape index (κ3) is 4.00. The van der Waals surface area contributed by atoms with Crippen molar-refractivity contribution in [2.45, 2.75) is 32.2 Å². The zero-order valence-electron chi connectivity index (χ0n) is 18.1. The van der Waals surface area contributed by atoms with Crippen molar-refractivity contribution in [3.05, 3.63) is 71.5 Å². The van der Waals surface area contributed by atoms with Gasteiger partial charge in [0.1, 0.15) is 17.3 Å². The van der Waals surface area contributed by atoms with Crippen LogP contribution < -0.4 is 10.1 Å². The molecule has 2 aliphatic rings. The van der Waals surface area contributed by atoms with Gasteiger partial charge in [-0.25, -0.2) is 0 Å². The Morgan fingerprint density at radius 3 is 2.62 bits per heavy atom. The van der Waals surface area contributed by atoms with E-state index in [1.165, 1.54) is 0 Å². The van der Waals surface area contributed by atoms with Gasteiger partial charge >= 0.3 is 0 Å². The number of benzene rings is 2. The van der Waals surface area contributed by atoms with Crippen LogP contribution in [-0.2, 0) is 17.8 Å². The van der Waals surface area contributed by atoms with Crippen molar-refractivity contribution < 1.29 is 18.7 Å². The lowest BCUT2D eigenvalue weighted by molar-refractivity contribution is -0.122. The molecule has 3 aromatic rings. The fraction of sp³-hybridized carbons (Fsp3) is 0.308. The van der Waals surface area contributed by atoms with Crippen LogP contribution >= 0.6 is 0 Å². The maximum Gasteiger partial charge on any atom is 0.254 e. The van der Waals surface area contributed by atoms with E-state index in [9.17, 15) is 9.59 Å². The van der Waals surface area contributed by atoms with Crippen LogP contribution in [0.15, 0.2) is 59.0 Å². The van der Waals surface area contributed by atoms with E-state index in [0.717, 1.165) is 47.6 Å². The van der Waals surface area contributed by atoms with Crippen LogP contribution in [0.4, 0.5) is 5.69 Å². The van der Waals surface area contributed by atoms with E-state index in [0.29, 0.717) is 30.8 Å². The van der Waals surface area contributed by atoms with E-state index in [4.69, 9.17) is 9.15 Å². The molecule has 1 aliphatic heterocycles. The molecule has 5 rings (SSSR count). The predicted octanol–water partition coefficient (Wildman–Crippen LogP) is 4.89. The Morgan fingerprint density at radius 2 is 1.91 bits per heavy atom. The quantitative estimate of drug-likeness (QED) is 0.625. The summed E-state index contributed by atoms with van der Waals surface area (Å²) in [4.78, 5) is 26.9. The van der Waals surface area contributed by atoms with Crippen LogP contribution in [0.25, 0.3) is 11.3 Å². The maximum atomic E-state index is 13.0. The lowest BCUT2D eigenvalue weighted by Crippen LogP contribution is -2.35. The van der Waals surface area contributed by atoms with Gasteiger partial charge in [0.05, 0.1) is 7.11 Å². The first-order valence-electron chi connectivity index (χ1n) is 11.1. The number of fused-ring (bicyclic) bond motifs is 1. The van der Waals surface area contributed by atoms with Gasteiger partial charge in [-0.15, -0.1) is 0 Å². The SMILES string of the molecule is COc1cccc(C(=O)N2CCc3oc(-c4ccc(NC(=O)C5CCC5)cc4)cc3C2)c1. The molecular formula is C26H26N2O4. The first kappa shape index (κ1) is 20.4. The molecule has 0 radical (unpaired) electrons. The van der Waals surface area contributed by atoms with Gasteiger partial charge in [0.25, 0.3) is 5.91 Å². The van der Waals surface area contributed by atoms with Crippen molar-refractivity contribution in [2.75, 3.05) is 19.0 Å². The van der Waals surface area contributed by atoms with E-state index >= 15 is 0 Å². The Kier molecular flexibility index (Phi) is 5.43. The van der Waals surface area contributed by atoms with Crippen molar-refractivity contribution >= 4 is 17.5 Å². The number of carbonyl (C=O) groups excluding carboxylic acids is 2. The topological polar surface area (TPSA) is 71.8 Å². The number of carbonyl (C=O) groups is 2. The number of methoxy groups -OCH3 is 1. The summed E-state index contributed by atoms with van der Waals surface area (Å²) in [6, 6.07) is 17.0. The summed E-state index contributed by atoms with van der Waals surface area (Å²) in [6.07, 6.45) is 3.79. The molecule has 1 fully saturated rings. The summed E-state index contributed by atoms with van der Waals surface area (Å²) in [5.74, 6) is 2.64. The van der Waals surface area contributed by atoms with Crippen LogP contribution in [0, 0.1) is 5.92 Å². The number of amides is 2. The summed E-state index contributed by atoms with van der Waals surface area (Å²) in [7, 11) is 1.60. The molecule has 1 aromatic heterocycles. The highest BCUT2D eigenvalue weighted by atomic mass is 16.5. The normalized spacial score (nSPS) is 15.6. The number of furan rings is 1. The highest BCUT2D eigenvalue weighted by Crippen LogP contribution is 2.32. The number of nitrogens with zero attached hydrogens (tertiary/aromatic N) is 1. The standard InChI is InChI=1S/C26H26N2O4/c1-31-22-7-3-6-19(14-22)26(30)28-13-12-23-20(16-28)15-24(32-23)17-8-10-21(11-9-17)27-25(29)18-4-2-5-18/h3,6-11,14-15,18H,2,4-5,12-13,16H2,1H3,(H,27,29). The number of hydrogen-bond acceptors (Lipinski definition) is 4. The van der Waals surface area contributed by atoms with Crippen molar-refractivity contribution in [3.8, 4) is 17.1 Å². The zero-order valence-corrected chi connectivity index (χ0v) is 18.1. The second-order valence-electron chi connectivity index (χ2n) is 8.46. The van der Waals surface area contributed by atoms with E-state index in [2.05, 4.69) is 5.32 Å². The third-order valence-corrected chi connectivity index (χ3v) is 6.38. The number of nitrogens with one attached hydrogen (secondary N) is 1. The zero-order chi connectivity index (χ0) is 22.1. The van der Waals surface area contributed by atoms with Crippen molar-refractivity contribution in [1.29, 1.82) is 0 Å². The number of hydrogen-bond donors (Lipinski definition) is 1. The first-order chi connectivity index (χ1) is 15.6. The second kappa shape index (κ2) is 8.54. The molecule has 2 amide bonds. The highest BCUT2D eigenvalue weighted by Gasteiger charge is 2.26. The minimum Gasteiger partial charge on any atom is -0.497 e. The Hall–Kier alpha value is -3.54. The molecule has 1 N–H and O–H groups in total. The Labute approximate surface area is 187 Å². The average molecular weight is 431 g/mol. The predicted molar refractivity (Wildman–Crippen MR) is 122 cm³/mol. The molecule has 32 heavy (non-hydrogen) atoms. The van der Waals surface area contributed by atoms with Gasteiger partial charge in [-0.3, -0.25) is 9.59 Å². The fourth-order valence-electron chi connectivity index (χ4n) is 4.22. The second-order valence-corrected chi connectivity index (χ2v) is 8.46. The summed E-state index contributed by atoms with van der Waals surface area (Å²) < 4.78 is 11.3. The van der Waals surface area contributed by atoms with Crippen molar-refractivity contribution in [3.63, 3.8) is 0 Å². The lowest BCUT2D eigenvalue weighted by Gasteiger charge is -2.26. The van der Waals surface area contributed by atoms with Crippen LogP contribution in [0.3, 0.4) is 0 Å². The summed E-state index contributed by atoms with van der Waals surface area (Å²) in [6.45, 7) is 1.13. The molecule has 6 heteroatoms. The van der Waals surface area contributed by atoms with E-state index < -0.39 is 0 Å². The number of anilines is 1. The average Bonchev–Trinajstić information content (AvgIpc) is 3.21. The van der Waals surface area contributed by atoms with Gasteiger partial charge in [-0.1, -0.05) is 12.5 Å². The van der Waals surface area contributed by atoms with E-state index in [1.807, 2.05) is 53.4 Å². The molecule has 1 aliphatic carbocycles. The smallest absolute Gasteiger partial charge is 0.254 e. The molecule has 2 heterocycles. The fourth-order valence-corrected chi connectivity index (χ4v) is 4.22. The van der Waals surface area contributed by atoms with Crippen LogP contribution in [0.5, 0.6) is 5.75 Å². The van der Waals surface area contributed by atoms with Crippen molar-refractivity contribution in [2.24, 2.45) is 5.92 Å². The van der Waals surface area contributed by atoms with Gasteiger partial charge in [-0.05, 0) is 61.4 Å². The van der Waals surface area contributed by atoms with Gasteiger partial charge in [0.15, 0.2) is 0 Å². The summed E-state index contributed by atoms with van der Waals surface area (Å²) >= 11 is 0. The summed E-state index contributed by atoms with van der Waals surface area (Å²) in [5.41, 5.74) is 3.41. The van der Waals surface area contributed by atoms with E-state index in [1.54, 1.807) is 13.2 Å². The van der Waals surface area contributed by atoms with Crippen LogP contribution in [0.2, 0.25) is 0 Å². The Morgan fingerprint density at radius 1 is 1.09 bits per heavy atom. The Bertz CT molecular complexity index is 1140. The van der Waals surface area contributed by atoms with Crippen LogP contribution in [0.1, 0.15) is 40.9 Å². The summed E-state index contributed by atoms with van der Waals surface area (Å²) in [5, 5.41) is 2.99. The van der Waals surface area contributed by atoms with Gasteiger partial charge in [0, 0.05) is 47.8 Å². The van der Waals surface area contributed by atoms with Gasteiger partial charge in [-0.2, -0.15) is 0 Å². The highest BCUT2D eigenvalue weighted by molar-refractivity contribution is 5.95. The monoisotopic (exact) mass is 430 g/mol. The molecule has 1 saturated carbocycles. The molecule has 0 spiro atoms. The van der Waals surface area contributed by atoms with E-state index in [-0.39, 0.29) is 17.7 Å². The molecule has 0 bridgehead atoms.